The number of benzene rings is 7. The van der Waals surface area contributed by atoms with Crippen molar-refractivity contribution in [3.05, 3.63) is 223 Å². The van der Waals surface area contributed by atoms with Gasteiger partial charge in [-0.05, 0) is 101 Å². The molecule has 0 amide bonds. The molecule has 0 spiro atoms. The van der Waals surface area contributed by atoms with E-state index < -0.39 is 0 Å². The van der Waals surface area contributed by atoms with Crippen molar-refractivity contribution in [2.75, 3.05) is 0 Å². The lowest BCUT2D eigenvalue weighted by atomic mass is 9.94. The largest absolute Gasteiger partial charge is 0.464 e. The number of aliphatic imine (C=N–C) groups is 2. The zero-order chi connectivity index (χ0) is 38.7. The first kappa shape index (κ1) is 35.4. The van der Waals surface area contributed by atoms with Gasteiger partial charge in [0, 0.05) is 38.9 Å². The predicted molar refractivity (Wildman–Crippen MR) is 240 cm³/mol. The highest BCUT2D eigenvalue weighted by molar-refractivity contribution is 6.13. The van der Waals surface area contributed by atoms with Crippen molar-refractivity contribution in [2.45, 2.75) is 20.3 Å². The molecule has 57 heavy (non-hydrogen) atoms. The lowest BCUT2D eigenvalue weighted by Gasteiger charge is -2.12. The van der Waals surface area contributed by atoms with Crippen LogP contribution < -0.4 is 4.74 Å². The first-order valence-electron chi connectivity index (χ1n) is 19.4. The number of hydrogen-bond donors (Lipinski definition) is 0. The van der Waals surface area contributed by atoms with Crippen LogP contribution in [0.4, 0.5) is 0 Å². The van der Waals surface area contributed by atoms with Crippen LogP contribution >= 0.6 is 0 Å². The number of para-hydroxylation sites is 2. The van der Waals surface area contributed by atoms with E-state index in [1.54, 1.807) is 0 Å². The number of nitrogens with zero attached hydrogens (tertiary/aromatic N) is 3. The maximum atomic E-state index is 6.47. The van der Waals surface area contributed by atoms with E-state index in [0.29, 0.717) is 11.5 Å². The summed E-state index contributed by atoms with van der Waals surface area (Å²) in [5.41, 5.74) is 14.5. The van der Waals surface area contributed by atoms with E-state index in [0.717, 1.165) is 68.1 Å². The maximum absolute atomic E-state index is 6.47. The average molecular weight is 736 g/mol. The van der Waals surface area contributed by atoms with Crippen molar-refractivity contribution < 1.29 is 4.74 Å². The molecule has 274 valence electrons. The van der Waals surface area contributed by atoms with Gasteiger partial charge in [-0.25, -0.2) is 9.98 Å². The summed E-state index contributed by atoms with van der Waals surface area (Å²) in [5.74, 6) is 1.43. The van der Waals surface area contributed by atoms with E-state index in [2.05, 4.69) is 152 Å². The summed E-state index contributed by atoms with van der Waals surface area (Å²) in [6, 6.07) is 61.2. The summed E-state index contributed by atoms with van der Waals surface area (Å²) in [7, 11) is 0. The van der Waals surface area contributed by atoms with Gasteiger partial charge in [0.2, 0.25) is 0 Å². The van der Waals surface area contributed by atoms with Crippen molar-refractivity contribution in [3.8, 4) is 22.6 Å². The Hall–Kier alpha value is -7.30. The van der Waals surface area contributed by atoms with Gasteiger partial charge in [-0.3, -0.25) is 0 Å². The minimum absolute atomic E-state index is 0.596. The van der Waals surface area contributed by atoms with Crippen molar-refractivity contribution in [3.63, 3.8) is 0 Å². The minimum atomic E-state index is 0.596. The number of allylic oxidation sites excluding steroid dienone is 3. The Balaban J connectivity index is 1.08. The van der Waals surface area contributed by atoms with Crippen LogP contribution in [0.1, 0.15) is 48.1 Å². The summed E-state index contributed by atoms with van der Waals surface area (Å²) < 4.78 is 8.83. The van der Waals surface area contributed by atoms with Gasteiger partial charge in [0.1, 0.15) is 5.75 Å². The normalized spacial score (nSPS) is 13.1. The molecule has 1 aliphatic rings. The van der Waals surface area contributed by atoms with Crippen LogP contribution in [0.5, 0.6) is 5.75 Å². The van der Waals surface area contributed by atoms with Gasteiger partial charge in [0.15, 0.2) is 5.84 Å². The van der Waals surface area contributed by atoms with E-state index in [1.807, 2.05) is 61.7 Å². The minimum Gasteiger partial charge on any atom is -0.464 e. The second kappa shape index (κ2) is 15.4. The van der Waals surface area contributed by atoms with Crippen LogP contribution in [0.2, 0.25) is 0 Å². The lowest BCUT2D eigenvalue weighted by Crippen LogP contribution is -2.05. The summed E-state index contributed by atoms with van der Waals surface area (Å²) in [6.45, 7) is 8.53. The van der Waals surface area contributed by atoms with Gasteiger partial charge in [-0.1, -0.05) is 141 Å². The highest BCUT2D eigenvalue weighted by atomic mass is 16.5. The molecule has 2 heterocycles. The summed E-state index contributed by atoms with van der Waals surface area (Å²) in [6.07, 6.45) is 4.96. The third-order valence-electron chi connectivity index (χ3n) is 10.6. The Labute approximate surface area is 333 Å². The van der Waals surface area contributed by atoms with Crippen LogP contribution in [0, 0.1) is 0 Å². The molecule has 9 rings (SSSR count). The molecular weight excluding hydrogens is 695 g/mol. The number of hydrogen-bond acceptors (Lipinski definition) is 2. The second-order valence-corrected chi connectivity index (χ2v) is 14.2. The zero-order valence-corrected chi connectivity index (χ0v) is 32.1. The monoisotopic (exact) mass is 735 g/mol. The smallest absolute Gasteiger partial charge is 0.160 e. The summed E-state index contributed by atoms with van der Waals surface area (Å²) >= 11 is 0. The Bertz CT molecular complexity index is 2910. The molecule has 0 atom stereocenters. The number of fused-ring (bicyclic) bond motifs is 4. The van der Waals surface area contributed by atoms with Crippen molar-refractivity contribution in [1.29, 1.82) is 0 Å². The van der Waals surface area contributed by atoms with E-state index in [-0.39, 0.29) is 0 Å². The Morgan fingerprint density at radius 1 is 0.579 bits per heavy atom. The number of ether oxygens (including phenoxy) is 1. The molecule has 4 heteroatoms. The molecule has 0 saturated carbocycles. The van der Waals surface area contributed by atoms with Gasteiger partial charge in [-0.2, -0.15) is 0 Å². The number of aromatic nitrogens is 1. The summed E-state index contributed by atoms with van der Waals surface area (Å²) in [4.78, 5) is 10.1. The molecule has 8 aromatic rings. The van der Waals surface area contributed by atoms with Gasteiger partial charge >= 0.3 is 0 Å². The van der Waals surface area contributed by atoms with Crippen LogP contribution in [0.15, 0.2) is 205 Å². The molecule has 0 bridgehead atoms. The van der Waals surface area contributed by atoms with Crippen LogP contribution in [-0.4, -0.2) is 16.1 Å². The van der Waals surface area contributed by atoms with E-state index >= 15 is 0 Å². The first-order valence-corrected chi connectivity index (χ1v) is 19.4. The van der Waals surface area contributed by atoms with E-state index in [4.69, 9.17) is 14.7 Å². The molecule has 0 N–H and O–H groups in total. The fourth-order valence-electron chi connectivity index (χ4n) is 7.66. The van der Waals surface area contributed by atoms with E-state index in [9.17, 15) is 0 Å². The fraction of sp³-hybridized carbons (Fsp3) is 0.0566. The first-order chi connectivity index (χ1) is 28.0. The second-order valence-electron chi connectivity index (χ2n) is 14.2. The Kier molecular flexibility index (Phi) is 9.59. The molecular formula is C53H41N3O. The van der Waals surface area contributed by atoms with Crippen molar-refractivity contribution in [2.24, 2.45) is 9.98 Å². The molecule has 0 saturated heterocycles. The average Bonchev–Trinajstić information content (AvgIpc) is 3.48. The fourth-order valence-corrected chi connectivity index (χ4v) is 7.66. The molecule has 1 aromatic heterocycles. The zero-order valence-electron chi connectivity index (χ0n) is 32.1. The van der Waals surface area contributed by atoms with Gasteiger partial charge in [0.05, 0.1) is 23.0 Å². The van der Waals surface area contributed by atoms with Crippen molar-refractivity contribution in [1.82, 2.24) is 4.57 Å². The highest BCUT2D eigenvalue weighted by Crippen LogP contribution is 2.40. The third kappa shape index (κ3) is 7.05. The Morgan fingerprint density at radius 3 is 2.00 bits per heavy atom. The Morgan fingerprint density at radius 2 is 1.23 bits per heavy atom. The lowest BCUT2D eigenvalue weighted by molar-refractivity contribution is 0.483. The third-order valence-corrected chi connectivity index (χ3v) is 10.6. The molecule has 0 unspecified atom stereocenters. The van der Waals surface area contributed by atoms with Gasteiger partial charge < -0.3 is 9.30 Å². The highest BCUT2D eigenvalue weighted by Gasteiger charge is 2.18. The SMILES string of the molecule is C=C(/N=C(\N=C(/C)c1ccccc1)c1cccc(C2=COc3ccc(-c4ccc5c(c4)c4ccccc4n5-c4ccccc4)cc3C(CC)=C2)c1)c1ccccc1. The topological polar surface area (TPSA) is 38.9 Å². The quantitative estimate of drug-likeness (QED) is 0.113. The number of amidine groups is 1. The summed E-state index contributed by atoms with van der Waals surface area (Å²) in [5, 5.41) is 2.46. The molecule has 0 radical (unpaired) electrons. The maximum Gasteiger partial charge on any atom is 0.160 e. The molecule has 0 fully saturated rings. The number of rotatable bonds is 8. The van der Waals surface area contributed by atoms with Gasteiger partial charge in [0.25, 0.3) is 0 Å². The molecule has 4 nitrogen and oxygen atoms in total. The standard InChI is InChI=1S/C53H41N3O/c1-4-38-31-45(41-21-16-22-44(32-41)53(54-36(2)39-17-8-5-9-18-39)55-37(3)40-19-10-6-11-20-40)35-57-52-30-28-43(33-48(38)52)42-27-29-51-49(34-42)47-25-14-15-26-50(47)56(51)46-23-12-7-13-24-46/h5-35H,2,4H2,1,3H3/b54-53-,55-37+. The van der Waals surface area contributed by atoms with E-state index in [1.165, 1.54) is 27.4 Å². The van der Waals surface area contributed by atoms with Crippen LogP contribution in [0.25, 0.3) is 55.5 Å². The van der Waals surface area contributed by atoms with Gasteiger partial charge in [-0.15, -0.1) is 0 Å². The molecule has 0 aliphatic carbocycles. The predicted octanol–water partition coefficient (Wildman–Crippen LogP) is 13.6. The molecule has 1 aliphatic heterocycles. The van der Waals surface area contributed by atoms with Crippen LogP contribution in [0.3, 0.4) is 0 Å². The van der Waals surface area contributed by atoms with Crippen molar-refractivity contribution >= 4 is 50.2 Å². The van der Waals surface area contributed by atoms with Crippen LogP contribution in [-0.2, 0) is 0 Å². The molecule has 7 aromatic carbocycles.